The fraction of sp³-hybridized carbons (Fsp3) is 0.571. The smallest absolute Gasteiger partial charge is 0.286 e. The molecule has 0 saturated heterocycles. The van der Waals surface area contributed by atoms with Gasteiger partial charge in [0.05, 0.1) is 0 Å². The molecule has 4 nitrogen and oxygen atoms in total. The third-order valence-electron chi connectivity index (χ3n) is 3.45. The quantitative estimate of drug-likeness (QED) is 0.825. The van der Waals surface area contributed by atoms with E-state index in [1.807, 2.05) is 6.20 Å². The number of pyridine rings is 1. The van der Waals surface area contributed by atoms with Crippen LogP contribution in [-0.4, -0.2) is 11.2 Å². The second kappa shape index (κ2) is 5.72. The van der Waals surface area contributed by atoms with E-state index in [1.54, 1.807) is 0 Å². The Morgan fingerprint density at radius 3 is 2.94 bits per heavy atom. The van der Waals surface area contributed by atoms with Gasteiger partial charge in [0.1, 0.15) is 11.6 Å². The van der Waals surface area contributed by atoms with E-state index in [9.17, 15) is 10.1 Å². The van der Waals surface area contributed by atoms with Crippen LogP contribution in [0.1, 0.15) is 49.3 Å². The number of unbranched alkanes of at least 4 members (excludes halogenated alkanes) is 1. The van der Waals surface area contributed by atoms with Crippen molar-refractivity contribution in [3.8, 4) is 6.07 Å². The first-order chi connectivity index (χ1) is 8.77. The lowest BCUT2D eigenvalue weighted by molar-refractivity contribution is 0.659. The van der Waals surface area contributed by atoms with Gasteiger partial charge in [-0.05, 0) is 43.2 Å². The number of hydrogen-bond acceptors (Lipinski definition) is 3. The molecule has 0 radical (unpaired) electrons. The number of hydrogen-bond donors (Lipinski definition) is 1. The van der Waals surface area contributed by atoms with E-state index >= 15 is 0 Å². The molecule has 0 bridgehead atoms. The summed E-state index contributed by atoms with van der Waals surface area (Å²) in [4.78, 5) is 12.1. The number of nitrogens with one attached hydrogen (secondary N) is 1. The first kappa shape index (κ1) is 12.7. The fourth-order valence-electron chi connectivity index (χ4n) is 2.43. The van der Waals surface area contributed by atoms with E-state index in [2.05, 4.69) is 18.4 Å². The second-order valence-corrected chi connectivity index (χ2v) is 4.76. The molecule has 1 heterocycles. The normalized spacial score (nSPS) is 13.8. The van der Waals surface area contributed by atoms with E-state index in [-0.39, 0.29) is 5.56 Å². The summed E-state index contributed by atoms with van der Waals surface area (Å²) in [5.74, 6) is 0. The van der Waals surface area contributed by atoms with Crippen LogP contribution in [0.4, 0.5) is 0 Å². The van der Waals surface area contributed by atoms with Gasteiger partial charge in [0.25, 0.3) is 5.56 Å². The standard InChI is InChI=1S/C14H19N3O/c1-2-3-8-16-17-10-11-6-4-5-7-12(11)13(9-15)14(17)18/h10,16H,2-8H2,1H3. The van der Waals surface area contributed by atoms with Crippen LogP contribution in [0, 0.1) is 11.3 Å². The minimum absolute atomic E-state index is 0.200. The zero-order valence-corrected chi connectivity index (χ0v) is 10.8. The number of nitriles is 1. The highest BCUT2D eigenvalue weighted by molar-refractivity contribution is 5.42. The molecule has 0 atom stereocenters. The lowest BCUT2D eigenvalue weighted by atomic mass is 9.90. The Morgan fingerprint density at radius 1 is 1.44 bits per heavy atom. The summed E-state index contributed by atoms with van der Waals surface area (Å²) >= 11 is 0. The van der Waals surface area contributed by atoms with Gasteiger partial charge in [0, 0.05) is 12.7 Å². The van der Waals surface area contributed by atoms with Crippen molar-refractivity contribution in [2.45, 2.75) is 45.4 Å². The van der Waals surface area contributed by atoms with Gasteiger partial charge in [-0.15, -0.1) is 0 Å². The minimum Gasteiger partial charge on any atom is -0.323 e. The monoisotopic (exact) mass is 245 g/mol. The summed E-state index contributed by atoms with van der Waals surface area (Å²) < 4.78 is 1.50. The van der Waals surface area contributed by atoms with E-state index in [0.717, 1.165) is 56.2 Å². The Balaban J connectivity index is 2.37. The summed E-state index contributed by atoms with van der Waals surface area (Å²) in [5.41, 5.74) is 5.35. The molecule has 0 saturated carbocycles. The van der Waals surface area contributed by atoms with Crippen molar-refractivity contribution in [3.63, 3.8) is 0 Å². The molecule has 0 unspecified atom stereocenters. The van der Waals surface area contributed by atoms with E-state index in [4.69, 9.17) is 0 Å². The second-order valence-electron chi connectivity index (χ2n) is 4.76. The predicted octanol–water partition coefficient (Wildman–Crippen LogP) is 1.94. The highest BCUT2D eigenvalue weighted by Crippen LogP contribution is 2.21. The molecule has 0 spiro atoms. The zero-order valence-electron chi connectivity index (χ0n) is 10.8. The maximum atomic E-state index is 12.1. The molecule has 1 aliphatic carbocycles. The summed E-state index contributed by atoms with van der Waals surface area (Å²) in [7, 11) is 0. The lowest BCUT2D eigenvalue weighted by Gasteiger charge is -2.19. The molecular formula is C14H19N3O. The van der Waals surface area contributed by atoms with Crippen molar-refractivity contribution < 1.29 is 0 Å². The summed E-state index contributed by atoms with van der Waals surface area (Å²) in [6.07, 6.45) is 8.04. The first-order valence-electron chi connectivity index (χ1n) is 6.69. The van der Waals surface area contributed by atoms with Crippen LogP contribution in [0.15, 0.2) is 11.0 Å². The number of rotatable bonds is 4. The zero-order chi connectivity index (χ0) is 13.0. The van der Waals surface area contributed by atoms with E-state index < -0.39 is 0 Å². The van der Waals surface area contributed by atoms with Crippen LogP contribution in [-0.2, 0) is 12.8 Å². The van der Waals surface area contributed by atoms with E-state index in [1.165, 1.54) is 4.68 Å². The van der Waals surface area contributed by atoms with Crippen molar-refractivity contribution in [1.29, 1.82) is 5.26 Å². The third kappa shape index (κ3) is 2.40. The van der Waals surface area contributed by atoms with Crippen LogP contribution in [0.25, 0.3) is 0 Å². The van der Waals surface area contributed by atoms with Gasteiger partial charge in [0.2, 0.25) is 0 Å². The summed E-state index contributed by atoms with van der Waals surface area (Å²) in [6.45, 7) is 2.87. The van der Waals surface area contributed by atoms with Gasteiger partial charge in [0.15, 0.2) is 0 Å². The highest BCUT2D eigenvalue weighted by Gasteiger charge is 2.18. The molecule has 96 valence electrons. The van der Waals surface area contributed by atoms with Gasteiger partial charge >= 0.3 is 0 Å². The predicted molar refractivity (Wildman–Crippen MR) is 71.2 cm³/mol. The van der Waals surface area contributed by atoms with Gasteiger partial charge in [-0.2, -0.15) is 5.26 Å². The number of aryl methyl sites for hydroxylation is 1. The van der Waals surface area contributed by atoms with Crippen molar-refractivity contribution in [2.75, 3.05) is 12.0 Å². The lowest BCUT2D eigenvalue weighted by Crippen LogP contribution is -2.33. The maximum Gasteiger partial charge on any atom is 0.286 e. The van der Waals surface area contributed by atoms with Crippen molar-refractivity contribution in [3.05, 3.63) is 33.2 Å². The molecular weight excluding hydrogens is 226 g/mol. The molecule has 0 amide bonds. The molecule has 1 aromatic rings. The Morgan fingerprint density at radius 2 is 2.22 bits per heavy atom. The van der Waals surface area contributed by atoms with Gasteiger partial charge < -0.3 is 5.43 Å². The van der Waals surface area contributed by atoms with Crippen LogP contribution in [0.5, 0.6) is 0 Å². The van der Waals surface area contributed by atoms with Crippen LogP contribution < -0.4 is 11.0 Å². The average Bonchev–Trinajstić information content (AvgIpc) is 2.40. The molecule has 1 N–H and O–H groups in total. The molecule has 4 heteroatoms. The van der Waals surface area contributed by atoms with Crippen LogP contribution in [0.2, 0.25) is 0 Å². The maximum absolute atomic E-state index is 12.1. The Bertz CT molecular complexity index is 525. The molecule has 18 heavy (non-hydrogen) atoms. The van der Waals surface area contributed by atoms with Crippen molar-refractivity contribution >= 4 is 0 Å². The van der Waals surface area contributed by atoms with Gasteiger partial charge in [-0.3, -0.25) is 4.79 Å². The summed E-state index contributed by atoms with van der Waals surface area (Å²) in [5, 5.41) is 9.18. The molecule has 2 rings (SSSR count). The van der Waals surface area contributed by atoms with Crippen molar-refractivity contribution in [2.24, 2.45) is 0 Å². The highest BCUT2D eigenvalue weighted by atomic mass is 16.1. The molecule has 1 aliphatic rings. The topological polar surface area (TPSA) is 57.8 Å². The first-order valence-corrected chi connectivity index (χ1v) is 6.69. The average molecular weight is 245 g/mol. The van der Waals surface area contributed by atoms with Gasteiger partial charge in [-0.25, -0.2) is 4.68 Å². The number of nitrogens with zero attached hydrogens (tertiary/aromatic N) is 2. The number of fused-ring (bicyclic) bond motifs is 1. The van der Waals surface area contributed by atoms with Crippen molar-refractivity contribution in [1.82, 2.24) is 4.68 Å². The largest absolute Gasteiger partial charge is 0.323 e. The Labute approximate surface area is 107 Å². The van der Waals surface area contributed by atoms with E-state index in [0.29, 0.717) is 5.56 Å². The van der Waals surface area contributed by atoms with Crippen LogP contribution >= 0.6 is 0 Å². The SMILES string of the molecule is CCCCNn1cc2c(c(C#N)c1=O)CCCC2. The Hall–Kier alpha value is -1.76. The minimum atomic E-state index is -0.200. The third-order valence-corrected chi connectivity index (χ3v) is 3.45. The molecule has 1 aromatic heterocycles. The fourth-order valence-corrected chi connectivity index (χ4v) is 2.43. The molecule has 0 aliphatic heterocycles. The Kier molecular flexibility index (Phi) is 4.03. The number of aromatic nitrogens is 1. The molecule has 0 fully saturated rings. The molecule has 0 aromatic carbocycles. The summed E-state index contributed by atoms with van der Waals surface area (Å²) in [6, 6.07) is 2.08. The van der Waals surface area contributed by atoms with Crippen LogP contribution in [0.3, 0.4) is 0 Å². The van der Waals surface area contributed by atoms with Gasteiger partial charge in [-0.1, -0.05) is 13.3 Å².